The number of aromatic amines is 1. The maximum atomic E-state index is 12.9. The average molecular weight is 363 g/mol. The number of carbonyl (C=O) groups excluding carboxylic acids is 1. The number of methoxy groups -OCH3 is 1. The zero-order valence-corrected chi connectivity index (χ0v) is 15.3. The first-order valence-electron chi connectivity index (χ1n) is 8.85. The molecule has 1 fully saturated rings. The Labute approximate surface area is 157 Å². The Hall–Kier alpha value is -3.28. The van der Waals surface area contributed by atoms with Crippen LogP contribution in [0, 0.1) is 6.92 Å². The number of likely N-dealkylation sites (tertiary alicyclic amines) is 1. The molecule has 6 heteroatoms. The van der Waals surface area contributed by atoms with Gasteiger partial charge in [0, 0.05) is 5.56 Å². The second-order valence-corrected chi connectivity index (χ2v) is 6.63. The largest absolute Gasteiger partial charge is 0.493 e. The third-order valence-corrected chi connectivity index (χ3v) is 4.67. The van der Waals surface area contributed by atoms with E-state index in [9.17, 15) is 4.79 Å². The highest BCUT2D eigenvalue weighted by Gasteiger charge is 2.34. The quantitative estimate of drug-likeness (QED) is 0.755. The molecule has 1 amide bonds. The van der Waals surface area contributed by atoms with Crippen LogP contribution in [0.25, 0.3) is 11.3 Å². The van der Waals surface area contributed by atoms with Gasteiger partial charge in [-0.3, -0.25) is 9.89 Å². The lowest BCUT2D eigenvalue weighted by molar-refractivity contribution is 0.0169. The van der Waals surface area contributed by atoms with Crippen LogP contribution < -0.4 is 9.47 Å². The first-order chi connectivity index (χ1) is 13.2. The Kier molecular flexibility index (Phi) is 4.54. The fraction of sp³-hybridized carbons (Fsp3) is 0.238. The third-order valence-electron chi connectivity index (χ3n) is 4.67. The Bertz CT molecular complexity index is 961. The molecular formula is C21H21N3O3. The molecule has 0 bridgehead atoms. The predicted octanol–water partition coefficient (Wildman–Crippen LogP) is 3.30. The molecule has 0 saturated carbocycles. The van der Waals surface area contributed by atoms with Crippen LogP contribution in [-0.4, -0.2) is 47.3 Å². The summed E-state index contributed by atoms with van der Waals surface area (Å²) in [6.07, 6.45) is 1.55. The number of H-pyrrole nitrogens is 1. The van der Waals surface area contributed by atoms with Gasteiger partial charge in [0.1, 0.15) is 6.10 Å². The lowest BCUT2D eigenvalue weighted by atomic mass is 10.0. The fourth-order valence-electron chi connectivity index (χ4n) is 3.21. The normalized spacial score (nSPS) is 13.9. The Balaban J connectivity index is 1.44. The Morgan fingerprint density at radius 2 is 1.93 bits per heavy atom. The standard InChI is InChI=1S/C21H21N3O3/c1-14-6-5-7-15(10-14)20-17(11-22-23-20)21(25)24-12-16(13-24)27-19-9-4-3-8-18(19)26-2/h3-11,16H,12-13H2,1-2H3,(H,22,23). The molecule has 1 aliphatic rings. The zero-order valence-electron chi connectivity index (χ0n) is 15.3. The van der Waals surface area contributed by atoms with E-state index in [1.807, 2.05) is 55.5 Å². The van der Waals surface area contributed by atoms with Gasteiger partial charge in [-0.15, -0.1) is 0 Å². The van der Waals surface area contributed by atoms with E-state index in [1.165, 1.54) is 0 Å². The summed E-state index contributed by atoms with van der Waals surface area (Å²) in [5.41, 5.74) is 3.42. The van der Waals surface area contributed by atoms with Gasteiger partial charge in [-0.05, 0) is 25.1 Å². The number of carbonyl (C=O) groups is 1. The predicted molar refractivity (Wildman–Crippen MR) is 102 cm³/mol. The first-order valence-corrected chi connectivity index (χ1v) is 8.85. The highest BCUT2D eigenvalue weighted by atomic mass is 16.5. The van der Waals surface area contributed by atoms with E-state index < -0.39 is 0 Å². The van der Waals surface area contributed by atoms with Crippen molar-refractivity contribution >= 4 is 5.91 Å². The summed E-state index contributed by atoms with van der Waals surface area (Å²) in [6.45, 7) is 3.10. The van der Waals surface area contributed by atoms with E-state index in [-0.39, 0.29) is 12.0 Å². The number of aryl methyl sites for hydroxylation is 1. The van der Waals surface area contributed by atoms with Crippen LogP contribution in [-0.2, 0) is 0 Å². The molecule has 0 spiro atoms. The number of hydrogen-bond donors (Lipinski definition) is 1. The van der Waals surface area contributed by atoms with E-state index in [0.29, 0.717) is 30.2 Å². The molecule has 1 aromatic heterocycles. The summed E-state index contributed by atoms with van der Waals surface area (Å²) >= 11 is 0. The van der Waals surface area contributed by atoms with Gasteiger partial charge < -0.3 is 14.4 Å². The molecule has 2 aromatic carbocycles. The molecule has 1 aliphatic heterocycles. The number of para-hydroxylation sites is 2. The summed E-state index contributed by atoms with van der Waals surface area (Å²) < 4.78 is 11.3. The molecule has 1 saturated heterocycles. The van der Waals surface area contributed by atoms with E-state index in [1.54, 1.807) is 18.2 Å². The molecule has 2 heterocycles. The van der Waals surface area contributed by atoms with Gasteiger partial charge in [-0.1, -0.05) is 35.9 Å². The van der Waals surface area contributed by atoms with Gasteiger partial charge in [0.05, 0.1) is 37.7 Å². The van der Waals surface area contributed by atoms with Crippen molar-refractivity contribution in [2.75, 3.05) is 20.2 Å². The van der Waals surface area contributed by atoms with Crippen molar-refractivity contribution in [3.8, 4) is 22.8 Å². The van der Waals surface area contributed by atoms with E-state index >= 15 is 0 Å². The van der Waals surface area contributed by atoms with Gasteiger partial charge in [-0.25, -0.2) is 0 Å². The van der Waals surface area contributed by atoms with Crippen molar-refractivity contribution in [3.05, 3.63) is 65.9 Å². The van der Waals surface area contributed by atoms with Crippen LogP contribution in [0.1, 0.15) is 15.9 Å². The number of nitrogens with zero attached hydrogens (tertiary/aromatic N) is 2. The molecule has 6 nitrogen and oxygen atoms in total. The van der Waals surface area contributed by atoms with Gasteiger partial charge in [-0.2, -0.15) is 5.10 Å². The minimum absolute atomic E-state index is 0.0415. The van der Waals surface area contributed by atoms with E-state index in [2.05, 4.69) is 10.2 Å². The lowest BCUT2D eigenvalue weighted by Crippen LogP contribution is -2.56. The average Bonchev–Trinajstić information content (AvgIpc) is 3.14. The summed E-state index contributed by atoms with van der Waals surface area (Å²) in [4.78, 5) is 14.6. The highest BCUT2D eigenvalue weighted by Crippen LogP contribution is 2.30. The summed E-state index contributed by atoms with van der Waals surface area (Å²) in [5.74, 6) is 1.35. The second-order valence-electron chi connectivity index (χ2n) is 6.63. The van der Waals surface area contributed by atoms with Crippen LogP contribution in [0.4, 0.5) is 0 Å². The number of ether oxygens (including phenoxy) is 2. The third kappa shape index (κ3) is 3.38. The Morgan fingerprint density at radius 3 is 2.67 bits per heavy atom. The number of aromatic nitrogens is 2. The molecule has 0 atom stereocenters. The smallest absolute Gasteiger partial charge is 0.257 e. The van der Waals surface area contributed by atoms with Crippen molar-refractivity contribution in [3.63, 3.8) is 0 Å². The number of benzene rings is 2. The lowest BCUT2D eigenvalue weighted by Gasteiger charge is -2.39. The molecular weight excluding hydrogens is 342 g/mol. The molecule has 4 rings (SSSR count). The highest BCUT2D eigenvalue weighted by molar-refractivity contribution is 6.00. The maximum Gasteiger partial charge on any atom is 0.257 e. The number of rotatable bonds is 5. The Morgan fingerprint density at radius 1 is 1.15 bits per heavy atom. The van der Waals surface area contributed by atoms with Gasteiger partial charge in [0.2, 0.25) is 0 Å². The monoisotopic (exact) mass is 363 g/mol. The maximum absolute atomic E-state index is 12.9. The molecule has 0 unspecified atom stereocenters. The fourth-order valence-corrected chi connectivity index (χ4v) is 3.21. The van der Waals surface area contributed by atoms with Crippen molar-refractivity contribution in [2.24, 2.45) is 0 Å². The van der Waals surface area contributed by atoms with Gasteiger partial charge >= 0.3 is 0 Å². The summed E-state index contributed by atoms with van der Waals surface area (Å²) in [5, 5.41) is 7.03. The minimum Gasteiger partial charge on any atom is -0.493 e. The van der Waals surface area contributed by atoms with Crippen molar-refractivity contribution in [1.82, 2.24) is 15.1 Å². The van der Waals surface area contributed by atoms with Crippen LogP contribution >= 0.6 is 0 Å². The van der Waals surface area contributed by atoms with Gasteiger partial charge in [0.25, 0.3) is 5.91 Å². The second kappa shape index (κ2) is 7.15. The molecule has 3 aromatic rings. The molecule has 27 heavy (non-hydrogen) atoms. The molecule has 0 aliphatic carbocycles. The SMILES string of the molecule is COc1ccccc1OC1CN(C(=O)c2cn[nH]c2-c2cccc(C)c2)C1. The molecule has 138 valence electrons. The van der Waals surface area contributed by atoms with Crippen molar-refractivity contribution < 1.29 is 14.3 Å². The number of hydrogen-bond acceptors (Lipinski definition) is 4. The minimum atomic E-state index is -0.0421. The molecule has 1 N–H and O–H groups in total. The van der Waals surface area contributed by atoms with Crippen LogP contribution in [0.15, 0.2) is 54.7 Å². The van der Waals surface area contributed by atoms with Crippen LogP contribution in [0.2, 0.25) is 0 Å². The van der Waals surface area contributed by atoms with Gasteiger partial charge in [0.15, 0.2) is 11.5 Å². The van der Waals surface area contributed by atoms with Crippen LogP contribution in [0.5, 0.6) is 11.5 Å². The van der Waals surface area contributed by atoms with E-state index in [0.717, 1.165) is 16.8 Å². The van der Waals surface area contributed by atoms with E-state index in [4.69, 9.17) is 9.47 Å². The zero-order chi connectivity index (χ0) is 18.8. The number of nitrogens with one attached hydrogen (secondary N) is 1. The molecule has 0 radical (unpaired) electrons. The first kappa shape index (κ1) is 17.1. The summed E-state index contributed by atoms with van der Waals surface area (Å²) in [6, 6.07) is 15.5. The van der Waals surface area contributed by atoms with Crippen LogP contribution in [0.3, 0.4) is 0 Å². The topological polar surface area (TPSA) is 67.5 Å². The van der Waals surface area contributed by atoms with Crippen molar-refractivity contribution in [2.45, 2.75) is 13.0 Å². The summed E-state index contributed by atoms with van der Waals surface area (Å²) in [7, 11) is 1.62. The van der Waals surface area contributed by atoms with Crippen molar-refractivity contribution in [1.29, 1.82) is 0 Å². The number of amides is 1.